The van der Waals surface area contributed by atoms with Crippen molar-refractivity contribution in [3.05, 3.63) is 89.2 Å². The predicted molar refractivity (Wildman–Crippen MR) is 258 cm³/mol. The maximum Gasteiger partial charge on any atom is 0.272 e. The van der Waals surface area contributed by atoms with Crippen LogP contribution in [0.25, 0.3) is 0 Å². The van der Waals surface area contributed by atoms with E-state index in [2.05, 4.69) is 52.7 Å². The SMILES string of the molecule is CN[C@@H](C)C(=O)N[C@H](C(=O)N1C[C@@H](NC(=O)c2cc(C(=O)N[C@H]3C[C@@H](C(=O)NCc4ccccc4)N(C(=O)[C@@H](NC(=O)[C@H](C)NC)C(C)(C)C)C3)[nH]n2)C[C@H]1C(=O)NCc1ccccc1)C(C)(C)C. The first kappa shape index (κ1) is 53.3. The van der Waals surface area contributed by atoms with E-state index in [1.165, 1.54) is 15.9 Å². The number of aromatic nitrogens is 2. The summed E-state index contributed by atoms with van der Waals surface area (Å²) < 4.78 is 0. The Balaban J connectivity index is 1.30. The van der Waals surface area contributed by atoms with Crippen LogP contribution in [0, 0.1) is 10.8 Å². The number of likely N-dealkylation sites (tertiary alicyclic amines) is 2. The van der Waals surface area contributed by atoms with Crippen molar-refractivity contribution in [2.45, 2.75) is 130 Å². The first-order chi connectivity index (χ1) is 32.5. The molecule has 3 aromatic rings. The monoisotopic (exact) mass is 955 g/mol. The fraction of sp³-hybridized carbons (Fsp3) is 0.531. The molecule has 0 saturated carbocycles. The van der Waals surface area contributed by atoms with E-state index in [-0.39, 0.29) is 50.4 Å². The summed E-state index contributed by atoms with van der Waals surface area (Å²) in [5, 5.41) is 29.7. The van der Waals surface area contributed by atoms with E-state index in [9.17, 15) is 38.4 Å². The molecular weight excluding hydrogens is 885 g/mol. The third kappa shape index (κ3) is 14.0. The molecule has 0 aliphatic carbocycles. The van der Waals surface area contributed by atoms with Gasteiger partial charge in [0.2, 0.25) is 35.4 Å². The van der Waals surface area contributed by atoms with Crippen molar-refractivity contribution in [1.82, 2.24) is 62.5 Å². The molecule has 0 bridgehead atoms. The van der Waals surface area contributed by atoms with E-state index >= 15 is 0 Å². The topological polar surface area (TPSA) is 268 Å². The fourth-order valence-electron chi connectivity index (χ4n) is 8.17. The molecule has 8 atom stereocenters. The Kier molecular flexibility index (Phi) is 17.8. The Morgan fingerprint density at radius 1 is 0.623 bits per heavy atom. The average molecular weight is 955 g/mol. The number of nitrogens with one attached hydrogen (secondary N) is 9. The van der Waals surface area contributed by atoms with Crippen LogP contribution in [0.1, 0.15) is 100 Å². The number of hydrogen-bond donors (Lipinski definition) is 9. The van der Waals surface area contributed by atoms with Gasteiger partial charge in [-0.25, -0.2) is 0 Å². The highest BCUT2D eigenvalue weighted by molar-refractivity contribution is 5.99. The van der Waals surface area contributed by atoms with Gasteiger partial charge >= 0.3 is 0 Å². The van der Waals surface area contributed by atoms with E-state index in [1.807, 2.05) is 102 Å². The third-order valence-electron chi connectivity index (χ3n) is 12.6. The molecule has 2 aromatic carbocycles. The largest absolute Gasteiger partial charge is 0.350 e. The number of amides is 8. The van der Waals surface area contributed by atoms with Gasteiger partial charge in [-0.1, -0.05) is 102 Å². The highest BCUT2D eigenvalue weighted by atomic mass is 16.2. The number of carbonyl (C=O) groups excluding carboxylic acids is 8. The highest BCUT2D eigenvalue weighted by Crippen LogP contribution is 2.29. The summed E-state index contributed by atoms with van der Waals surface area (Å²) in [6.45, 7) is 14.5. The van der Waals surface area contributed by atoms with E-state index < -0.39 is 106 Å². The molecule has 0 spiro atoms. The lowest BCUT2D eigenvalue weighted by atomic mass is 9.85. The molecule has 69 heavy (non-hydrogen) atoms. The van der Waals surface area contributed by atoms with Crippen LogP contribution in [-0.2, 0) is 41.9 Å². The second kappa shape index (κ2) is 23.1. The van der Waals surface area contributed by atoms with Gasteiger partial charge in [-0.05, 0) is 62.7 Å². The number of likely N-dealkylation sites (N-methyl/N-ethyl adjacent to an activating group) is 2. The van der Waals surface area contributed by atoms with Crippen molar-refractivity contribution < 1.29 is 38.4 Å². The molecule has 3 heterocycles. The fourth-order valence-corrected chi connectivity index (χ4v) is 8.17. The average Bonchev–Trinajstić information content (AvgIpc) is 4.09. The second-order valence-electron chi connectivity index (χ2n) is 20.0. The Bertz CT molecular complexity index is 2150. The van der Waals surface area contributed by atoms with Gasteiger partial charge in [0.05, 0.1) is 12.1 Å². The maximum absolute atomic E-state index is 14.4. The van der Waals surface area contributed by atoms with Crippen LogP contribution >= 0.6 is 0 Å². The molecular formula is C49H70N12O8. The molecule has 0 unspecified atom stereocenters. The Hall–Kier alpha value is -6.67. The van der Waals surface area contributed by atoms with E-state index in [1.54, 1.807) is 27.9 Å². The van der Waals surface area contributed by atoms with Gasteiger partial charge in [-0.2, -0.15) is 5.10 Å². The molecule has 8 amide bonds. The van der Waals surface area contributed by atoms with Crippen molar-refractivity contribution >= 4 is 47.3 Å². The molecule has 2 aliphatic heterocycles. The van der Waals surface area contributed by atoms with Gasteiger partial charge in [0.15, 0.2) is 5.69 Å². The number of hydrogen-bond acceptors (Lipinski definition) is 11. The van der Waals surface area contributed by atoms with Gasteiger partial charge in [0.25, 0.3) is 11.8 Å². The highest BCUT2D eigenvalue weighted by Gasteiger charge is 2.47. The van der Waals surface area contributed by atoms with Crippen molar-refractivity contribution in [3.63, 3.8) is 0 Å². The van der Waals surface area contributed by atoms with E-state index in [0.29, 0.717) is 0 Å². The molecule has 2 aliphatic rings. The summed E-state index contributed by atoms with van der Waals surface area (Å²) in [4.78, 5) is 113. The molecule has 2 saturated heterocycles. The summed E-state index contributed by atoms with van der Waals surface area (Å²) in [6, 6.07) is 13.2. The van der Waals surface area contributed by atoms with Crippen LogP contribution < -0.4 is 42.5 Å². The van der Waals surface area contributed by atoms with Crippen molar-refractivity contribution in [2.75, 3.05) is 27.2 Å². The standard InChI is InChI=1S/C49H70N12O8/c1-28(50-9)40(62)56-38(48(3,4)5)46(68)60-26-32(21-36(60)44(66)52-24-30-17-13-11-14-18-30)54-42(64)34-23-35(59-58-34)43(65)55-33-22-37(45(67)53-25-31-19-15-12-16-20-31)61(27-33)47(69)39(49(6,7)8)57-41(63)29(2)51-10/h11-20,23,28-29,32-33,36-39,50-51H,21-22,24-27H2,1-10H3,(H,52,66)(H,53,67)(H,54,64)(H,55,65)(H,56,62)(H,57,63)(H,58,59)/t28-,29-,32-,33-,36-,37-,38+,39+/m0/s1. The van der Waals surface area contributed by atoms with Crippen LogP contribution in [0.4, 0.5) is 0 Å². The molecule has 9 N–H and O–H groups in total. The van der Waals surface area contributed by atoms with Crippen molar-refractivity contribution in [3.8, 4) is 0 Å². The summed E-state index contributed by atoms with van der Waals surface area (Å²) in [5.41, 5.74) is -0.0158. The first-order valence-corrected chi connectivity index (χ1v) is 23.4. The predicted octanol–water partition coefficient (Wildman–Crippen LogP) is 0.719. The molecule has 20 nitrogen and oxygen atoms in total. The summed E-state index contributed by atoms with van der Waals surface area (Å²) in [6.07, 6.45) is 0.113. The number of rotatable bonds is 18. The summed E-state index contributed by atoms with van der Waals surface area (Å²) in [5.74, 6) is -3.95. The zero-order valence-corrected chi connectivity index (χ0v) is 41.3. The minimum absolute atomic E-state index is 0.0508. The van der Waals surface area contributed by atoms with Crippen LogP contribution in [-0.4, -0.2) is 143 Å². The van der Waals surface area contributed by atoms with E-state index in [4.69, 9.17) is 0 Å². The molecule has 5 rings (SSSR count). The Labute approximate surface area is 404 Å². The van der Waals surface area contributed by atoms with Crippen LogP contribution in [0.15, 0.2) is 66.7 Å². The quantitative estimate of drug-likeness (QED) is 0.0858. The zero-order chi connectivity index (χ0) is 50.8. The minimum Gasteiger partial charge on any atom is -0.350 e. The number of benzene rings is 2. The molecule has 0 radical (unpaired) electrons. The van der Waals surface area contributed by atoms with Crippen molar-refractivity contribution in [2.24, 2.45) is 10.8 Å². The maximum atomic E-state index is 14.4. The third-order valence-corrected chi connectivity index (χ3v) is 12.6. The van der Waals surface area contributed by atoms with E-state index in [0.717, 1.165) is 11.1 Å². The van der Waals surface area contributed by atoms with Crippen LogP contribution in [0.3, 0.4) is 0 Å². The smallest absolute Gasteiger partial charge is 0.272 e. The summed E-state index contributed by atoms with van der Waals surface area (Å²) >= 11 is 0. The van der Waals surface area contributed by atoms with Crippen LogP contribution in [0.2, 0.25) is 0 Å². The molecule has 374 valence electrons. The Morgan fingerprint density at radius 3 is 1.39 bits per heavy atom. The molecule has 2 fully saturated rings. The normalized spacial score (nSPS) is 19.9. The number of aromatic amines is 1. The second-order valence-corrected chi connectivity index (χ2v) is 20.0. The lowest BCUT2D eigenvalue weighted by molar-refractivity contribution is -0.144. The van der Waals surface area contributed by atoms with Gasteiger partial charge in [-0.15, -0.1) is 0 Å². The van der Waals surface area contributed by atoms with Gasteiger partial charge in [0, 0.05) is 44.3 Å². The van der Waals surface area contributed by atoms with Crippen molar-refractivity contribution in [1.29, 1.82) is 0 Å². The lowest BCUT2D eigenvalue weighted by Crippen LogP contribution is -2.59. The number of H-pyrrole nitrogens is 1. The van der Waals surface area contributed by atoms with Gasteiger partial charge in [-0.3, -0.25) is 43.5 Å². The Morgan fingerprint density at radius 2 is 1.01 bits per heavy atom. The minimum atomic E-state index is -1.01. The summed E-state index contributed by atoms with van der Waals surface area (Å²) in [7, 11) is 3.26. The first-order valence-electron chi connectivity index (χ1n) is 23.4. The molecule has 1 aromatic heterocycles. The molecule has 20 heteroatoms. The number of carbonyl (C=O) groups is 8. The number of nitrogens with zero attached hydrogens (tertiary/aromatic N) is 3. The van der Waals surface area contributed by atoms with Gasteiger partial charge in [0.1, 0.15) is 29.9 Å². The zero-order valence-electron chi connectivity index (χ0n) is 41.3. The van der Waals surface area contributed by atoms with Crippen LogP contribution in [0.5, 0.6) is 0 Å². The van der Waals surface area contributed by atoms with Gasteiger partial charge < -0.3 is 52.3 Å². The lowest BCUT2D eigenvalue weighted by Gasteiger charge is -2.36.